The first kappa shape index (κ1) is 12.7. The third-order valence-corrected chi connectivity index (χ3v) is 3.75. The molecule has 0 spiro atoms. The van der Waals surface area contributed by atoms with Gasteiger partial charge in [0.2, 0.25) is 0 Å². The minimum absolute atomic E-state index is 0.105. The van der Waals surface area contributed by atoms with Gasteiger partial charge in [0.25, 0.3) is 0 Å². The number of hydrogen-bond acceptors (Lipinski definition) is 2. The average Bonchev–Trinajstić information content (AvgIpc) is 2.74. The Balaban J connectivity index is 2.19. The molecule has 102 valence electrons. The second kappa shape index (κ2) is 4.37. The molecular weight excluding hydrogens is 252 g/mol. The van der Waals surface area contributed by atoms with Crippen LogP contribution >= 0.6 is 0 Å². The van der Waals surface area contributed by atoms with E-state index in [-0.39, 0.29) is 6.42 Å². The van der Waals surface area contributed by atoms with Gasteiger partial charge >= 0.3 is 5.97 Å². The van der Waals surface area contributed by atoms with E-state index >= 15 is 0 Å². The maximum absolute atomic E-state index is 11.0. The lowest BCUT2D eigenvalue weighted by atomic mass is 9.81. The van der Waals surface area contributed by atoms with Crippen LogP contribution in [0.25, 0.3) is 21.9 Å². The molecule has 0 aliphatic rings. The summed E-state index contributed by atoms with van der Waals surface area (Å²) in [7, 11) is 0. The number of carboxylic acids is 1. The SMILES string of the molecule is CC(C)(CC(=O)O)c1ccc2oc3ccccc3c2c1. The first-order valence-corrected chi connectivity index (χ1v) is 6.61. The number of carboxylic acid groups (broad SMARTS) is 1. The highest BCUT2D eigenvalue weighted by atomic mass is 16.4. The van der Waals surface area contributed by atoms with Crippen LogP contribution in [-0.2, 0) is 10.2 Å². The molecular formula is C17H16O3. The van der Waals surface area contributed by atoms with E-state index in [1.54, 1.807) is 0 Å². The van der Waals surface area contributed by atoms with E-state index in [1.807, 2.05) is 56.3 Å². The van der Waals surface area contributed by atoms with E-state index in [0.717, 1.165) is 27.5 Å². The largest absolute Gasteiger partial charge is 0.481 e. The number of hydrogen-bond donors (Lipinski definition) is 1. The number of fused-ring (bicyclic) bond motifs is 3. The van der Waals surface area contributed by atoms with Crippen LogP contribution in [0.2, 0.25) is 0 Å². The molecule has 0 unspecified atom stereocenters. The third-order valence-electron chi connectivity index (χ3n) is 3.75. The monoisotopic (exact) mass is 268 g/mol. The molecule has 0 saturated heterocycles. The van der Waals surface area contributed by atoms with Crippen LogP contribution in [0.4, 0.5) is 0 Å². The van der Waals surface area contributed by atoms with Crippen molar-refractivity contribution in [2.24, 2.45) is 0 Å². The van der Waals surface area contributed by atoms with Gasteiger partial charge in [0.15, 0.2) is 0 Å². The minimum Gasteiger partial charge on any atom is -0.481 e. The second-order valence-electron chi connectivity index (χ2n) is 5.76. The van der Waals surface area contributed by atoms with E-state index in [1.165, 1.54) is 0 Å². The summed E-state index contributed by atoms with van der Waals surface area (Å²) in [5.41, 5.74) is 2.30. The zero-order valence-corrected chi connectivity index (χ0v) is 11.5. The van der Waals surface area contributed by atoms with Gasteiger partial charge in [-0.3, -0.25) is 4.79 Å². The maximum Gasteiger partial charge on any atom is 0.304 e. The van der Waals surface area contributed by atoms with Crippen molar-refractivity contribution in [1.82, 2.24) is 0 Å². The van der Waals surface area contributed by atoms with E-state index in [4.69, 9.17) is 9.52 Å². The number of benzene rings is 2. The number of furan rings is 1. The highest BCUT2D eigenvalue weighted by Gasteiger charge is 2.24. The Morgan fingerprint density at radius 3 is 2.55 bits per heavy atom. The molecule has 3 rings (SSSR count). The number of carbonyl (C=O) groups is 1. The Morgan fingerprint density at radius 1 is 1.10 bits per heavy atom. The van der Waals surface area contributed by atoms with E-state index in [2.05, 4.69) is 0 Å². The average molecular weight is 268 g/mol. The van der Waals surface area contributed by atoms with Crippen molar-refractivity contribution >= 4 is 27.9 Å². The Kier molecular flexibility index (Phi) is 2.78. The highest BCUT2D eigenvalue weighted by Crippen LogP contribution is 2.34. The van der Waals surface area contributed by atoms with Crippen LogP contribution < -0.4 is 0 Å². The summed E-state index contributed by atoms with van der Waals surface area (Å²) in [5, 5.41) is 11.1. The van der Waals surface area contributed by atoms with Gasteiger partial charge < -0.3 is 9.52 Å². The zero-order valence-electron chi connectivity index (χ0n) is 11.5. The van der Waals surface area contributed by atoms with Gasteiger partial charge in [-0.05, 0) is 23.8 Å². The summed E-state index contributed by atoms with van der Waals surface area (Å²) >= 11 is 0. The fraction of sp³-hybridized carbons (Fsp3) is 0.235. The lowest BCUT2D eigenvalue weighted by molar-refractivity contribution is -0.138. The highest BCUT2D eigenvalue weighted by molar-refractivity contribution is 6.05. The van der Waals surface area contributed by atoms with Crippen molar-refractivity contribution in [3.8, 4) is 0 Å². The molecule has 1 N–H and O–H groups in total. The summed E-state index contributed by atoms with van der Waals surface area (Å²) in [5.74, 6) is -0.785. The van der Waals surface area contributed by atoms with Crippen LogP contribution in [0.1, 0.15) is 25.8 Å². The predicted octanol–water partition coefficient (Wildman–Crippen LogP) is 4.34. The van der Waals surface area contributed by atoms with Crippen LogP contribution in [0.3, 0.4) is 0 Å². The molecule has 1 aromatic heterocycles. The van der Waals surface area contributed by atoms with Gasteiger partial charge in [-0.2, -0.15) is 0 Å². The van der Waals surface area contributed by atoms with Gasteiger partial charge in [-0.15, -0.1) is 0 Å². The molecule has 0 fully saturated rings. The molecule has 3 nitrogen and oxygen atoms in total. The normalized spacial score (nSPS) is 12.1. The molecule has 0 aliphatic heterocycles. The van der Waals surface area contributed by atoms with E-state index in [0.29, 0.717) is 0 Å². The minimum atomic E-state index is -0.785. The lowest BCUT2D eigenvalue weighted by Crippen LogP contribution is -2.21. The molecule has 3 heteroatoms. The molecule has 3 aromatic rings. The van der Waals surface area contributed by atoms with Crippen molar-refractivity contribution in [2.45, 2.75) is 25.7 Å². The quantitative estimate of drug-likeness (QED) is 0.768. The van der Waals surface area contributed by atoms with Crippen molar-refractivity contribution < 1.29 is 14.3 Å². The van der Waals surface area contributed by atoms with Crippen molar-refractivity contribution in [1.29, 1.82) is 0 Å². The Hall–Kier alpha value is -2.29. The smallest absolute Gasteiger partial charge is 0.304 e. The van der Waals surface area contributed by atoms with Crippen LogP contribution in [-0.4, -0.2) is 11.1 Å². The van der Waals surface area contributed by atoms with E-state index in [9.17, 15) is 4.79 Å². The Bertz CT molecular complexity index is 796. The first-order valence-electron chi connectivity index (χ1n) is 6.61. The van der Waals surface area contributed by atoms with E-state index < -0.39 is 11.4 Å². The predicted molar refractivity (Wildman–Crippen MR) is 79.0 cm³/mol. The molecule has 0 atom stereocenters. The number of rotatable bonds is 3. The van der Waals surface area contributed by atoms with Crippen molar-refractivity contribution in [3.05, 3.63) is 48.0 Å². The first-order chi connectivity index (χ1) is 9.47. The van der Waals surface area contributed by atoms with Crippen molar-refractivity contribution in [2.75, 3.05) is 0 Å². The maximum atomic E-state index is 11.0. The molecule has 0 radical (unpaired) electrons. The topological polar surface area (TPSA) is 50.4 Å². The summed E-state index contributed by atoms with van der Waals surface area (Å²) in [6.07, 6.45) is 0.105. The zero-order chi connectivity index (χ0) is 14.3. The fourth-order valence-corrected chi connectivity index (χ4v) is 2.63. The standard InChI is InChI=1S/C17H16O3/c1-17(2,10-16(18)19)11-7-8-15-13(9-11)12-5-3-4-6-14(12)20-15/h3-9H,10H2,1-2H3,(H,18,19). The molecule has 0 saturated carbocycles. The molecule has 0 bridgehead atoms. The second-order valence-corrected chi connectivity index (χ2v) is 5.76. The molecule has 2 aromatic carbocycles. The van der Waals surface area contributed by atoms with Crippen LogP contribution in [0, 0.1) is 0 Å². The molecule has 0 amide bonds. The molecule has 1 heterocycles. The Labute approximate surface area is 116 Å². The van der Waals surface area contributed by atoms with Gasteiger partial charge in [0, 0.05) is 16.2 Å². The number of aliphatic carboxylic acids is 1. The van der Waals surface area contributed by atoms with Crippen molar-refractivity contribution in [3.63, 3.8) is 0 Å². The lowest BCUT2D eigenvalue weighted by Gasteiger charge is -2.23. The van der Waals surface area contributed by atoms with Gasteiger partial charge in [-0.25, -0.2) is 0 Å². The van der Waals surface area contributed by atoms with Crippen LogP contribution in [0.15, 0.2) is 46.9 Å². The molecule has 20 heavy (non-hydrogen) atoms. The Morgan fingerprint density at radius 2 is 1.80 bits per heavy atom. The molecule has 0 aliphatic carbocycles. The number of para-hydroxylation sites is 1. The van der Waals surface area contributed by atoms with Gasteiger partial charge in [0.1, 0.15) is 11.2 Å². The summed E-state index contributed by atoms with van der Waals surface area (Å²) in [6.45, 7) is 3.90. The third kappa shape index (κ3) is 2.05. The van der Waals surface area contributed by atoms with Crippen LogP contribution in [0.5, 0.6) is 0 Å². The summed E-state index contributed by atoms with van der Waals surface area (Å²) < 4.78 is 5.78. The van der Waals surface area contributed by atoms with Gasteiger partial charge in [0.05, 0.1) is 6.42 Å². The van der Waals surface area contributed by atoms with Gasteiger partial charge in [-0.1, -0.05) is 38.1 Å². The summed E-state index contributed by atoms with van der Waals surface area (Å²) in [4.78, 5) is 11.0. The fourth-order valence-electron chi connectivity index (χ4n) is 2.63. The summed E-state index contributed by atoms with van der Waals surface area (Å²) in [6, 6.07) is 13.8.